The molecule has 7 nitrogen and oxygen atoms in total. The molecule has 20 heavy (non-hydrogen) atoms. The first-order chi connectivity index (χ1) is 9.76. The second kappa shape index (κ2) is 6.31. The summed E-state index contributed by atoms with van der Waals surface area (Å²) in [5.41, 5.74) is 10.4. The summed E-state index contributed by atoms with van der Waals surface area (Å²) in [6.07, 6.45) is 1.47. The van der Waals surface area contributed by atoms with Gasteiger partial charge in [-0.25, -0.2) is 14.8 Å². The molecule has 0 saturated carbocycles. The molecule has 0 N–H and O–H groups in total. The van der Waals surface area contributed by atoms with E-state index in [1.807, 2.05) is 30.3 Å². The van der Waals surface area contributed by atoms with Gasteiger partial charge in [-0.3, -0.25) is 0 Å². The van der Waals surface area contributed by atoms with Crippen LogP contribution in [0, 0.1) is 0 Å². The van der Waals surface area contributed by atoms with Gasteiger partial charge in [0.2, 0.25) is 5.82 Å². The van der Waals surface area contributed by atoms with Crippen molar-refractivity contribution in [1.82, 2.24) is 9.97 Å². The van der Waals surface area contributed by atoms with Gasteiger partial charge >= 0.3 is 5.97 Å². The van der Waals surface area contributed by atoms with Gasteiger partial charge in [0.1, 0.15) is 0 Å². The van der Waals surface area contributed by atoms with Crippen LogP contribution in [0.1, 0.15) is 16.2 Å². The minimum atomic E-state index is -0.613. The zero-order valence-electron chi connectivity index (χ0n) is 10.7. The molecule has 0 amide bonds. The summed E-state index contributed by atoms with van der Waals surface area (Å²) in [7, 11) is 1.27. The molecular weight excluding hydrogens is 258 g/mol. The van der Waals surface area contributed by atoms with Crippen molar-refractivity contribution in [2.75, 3.05) is 7.11 Å². The maximum atomic E-state index is 11.5. The Kier molecular flexibility index (Phi) is 4.26. The number of benzene rings is 1. The Balaban J connectivity index is 2.53. The summed E-state index contributed by atoms with van der Waals surface area (Å²) < 4.78 is 4.60. The fourth-order valence-electron chi connectivity index (χ4n) is 1.67. The Morgan fingerprint density at radius 3 is 2.80 bits per heavy atom. The average molecular weight is 269 g/mol. The van der Waals surface area contributed by atoms with Crippen LogP contribution in [0.4, 0.5) is 0 Å². The number of esters is 1. The van der Waals surface area contributed by atoms with Crippen LogP contribution in [0.3, 0.4) is 0 Å². The van der Waals surface area contributed by atoms with Crippen molar-refractivity contribution >= 4 is 5.97 Å². The van der Waals surface area contributed by atoms with Crippen LogP contribution in [0.15, 0.2) is 41.6 Å². The van der Waals surface area contributed by atoms with Crippen molar-refractivity contribution in [3.05, 3.63) is 58.4 Å². The van der Waals surface area contributed by atoms with Crippen LogP contribution in [-0.4, -0.2) is 23.0 Å². The summed E-state index contributed by atoms with van der Waals surface area (Å²) in [4.78, 5) is 22.3. The van der Waals surface area contributed by atoms with Crippen molar-refractivity contribution in [2.24, 2.45) is 5.11 Å². The second-order valence-corrected chi connectivity index (χ2v) is 3.81. The molecular formula is C13H11N5O2. The van der Waals surface area contributed by atoms with Crippen LogP contribution < -0.4 is 0 Å². The summed E-state index contributed by atoms with van der Waals surface area (Å²) >= 11 is 0. The summed E-state index contributed by atoms with van der Waals surface area (Å²) in [6.45, 7) is 0.113. The fraction of sp³-hybridized carbons (Fsp3) is 0.154. The first kappa shape index (κ1) is 13.5. The lowest BCUT2D eigenvalue weighted by molar-refractivity contribution is 0.0587. The summed E-state index contributed by atoms with van der Waals surface area (Å²) in [6, 6.07) is 9.28. The summed E-state index contributed by atoms with van der Waals surface area (Å²) in [5.74, 6) is -0.645. The number of aromatic nitrogens is 2. The Hall–Kier alpha value is -2.92. The number of hydrogen-bond acceptors (Lipinski definition) is 5. The highest BCUT2D eigenvalue weighted by Crippen LogP contribution is 2.21. The van der Waals surface area contributed by atoms with E-state index < -0.39 is 5.97 Å². The van der Waals surface area contributed by atoms with E-state index in [9.17, 15) is 4.79 Å². The lowest BCUT2D eigenvalue weighted by Gasteiger charge is -2.07. The predicted molar refractivity (Wildman–Crippen MR) is 71.7 cm³/mol. The third-order valence-corrected chi connectivity index (χ3v) is 2.58. The number of nitrogens with zero attached hydrogens (tertiary/aromatic N) is 5. The smallest absolute Gasteiger partial charge is 0.376 e. The fourth-order valence-corrected chi connectivity index (χ4v) is 1.67. The lowest BCUT2D eigenvalue weighted by atomic mass is 10.1. The first-order valence-corrected chi connectivity index (χ1v) is 5.76. The standard InChI is InChI=1S/C13H11N5O2/c1-20-13(19)12-15-7-10(8-16-18-14)11(17-12)9-5-3-2-4-6-9/h2-7H,8H2,1H3. The number of rotatable bonds is 4. The molecule has 100 valence electrons. The Morgan fingerprint density at radius 2 is 2.15 bits per heavy atom. The van der Waals surface area contributed by atoms with Crippen molar-refractivity contribution in [3.63, 3.8) is 0 Å². The average Bonchev–Trinajstić information content (AvgIpc) is 2.52. The van der Waals surface area contributed by atoms with Crippen LogP contribution in [-0.2, 0) is 11.3 Å². The van der Waals surface area contributed by atoms with Crippen LogP contribution in [0.5, 0.6) is 0 Å². The number of ether oxygens (including phenoxy) is 1. The summed E-state index contributed by atoms with van der Waals surface area (Å²) in [5, 5.41) is 3.51. The zero-order valence-corrected chi connectivity index (χ0v) is 10.7. The second-order valence-electron chi connectivity index (χ2n) is 3.81. The molecule has 7 heteroatoms. The van der Waals surface area contributed by atoms with Gasteiger partial charge in [0.25, 0.3) is 0 Å². The van der Waals surface area contributed by atoms with E-state index in [0.717, 1.165) is 5.56 Å². The van der Waals surface area contributed by atoms with Crippen LogP contribution in [0.25, 0.3) is 21.7 Å². The Morgan fingerprint density at radius 1 is 1.40 bits per heavy atom. The monoisotopic (exact) mass is 269 g/mol. The molecule has 1 aromatic heterocycles. The van der Waals surface area contributed by atoms with Gasteiger partial charge in [-0.15, -0.1) is 0 Å². The molecule has 1 heterocycles. The molecule has 0 aliphatic heterocycles. The van der Waals surface area contributed by atoms with Gasteiger partial charge in [0.15, 0.2) is 0 Å². The van der Waals surface area contributed by atoms with E-state index in [4.69, 9.17) is 5.53 Å². The SMILES string of the molecule is COC(=O)c1ncc(CN=[N+]=[N-])c(-c2ccccc2)n1. The highest BCUT2D eigenvalue weighted by Gasteiger charge is 2.14. The molecule has 0 unspecified atom stereocenters. The van der Waals surface area contributed by atoms with Crippen molar-refractivity contribution in [2.45, 2.75) is 6.54 Å². The highest BCUT2D eigenvalue weighted by molar-refractivity contribution is 5.85. The van der Waals surface area contributed by atoms with E-state index in [-0.39, 0.29) is 12.4 Å². The molecule has 0 radical (unpaired) electrons. The van der Waals surface area contributed by atoms with Gasteiger partial charge in [0.05, 0.1) is 19.3 Å². The van der Waals surface area contributed by atoms with Crippen molar-refractivity contribution < 1.29 is 9.53 Å². The van der Waals surface area contributed by atoms with Gasteiger partial charge in [-0.2, -0.15) is 0 Å². The zero-order chi connectivity index (χ0) is 14.4. The maximum absolute atomic E-state index is 11.5. The number of azide groups is 1. The van der Waals surface area contributed by atoms with Crippen LogP contribution in [0.2, 0.25) is 0 Å². The minimum Gasteiger partial charge on any atom is -0.463 e. The molecule has 2 aromatic rings. The van der Waals surface area contributed by atoms with Gasteiger partial charge in [-0.1, -0.05) is 35.4 Å². The maximum Gasteiger partial charge on any atom is 0.376 e. The third-order valence-electron chi connectivity index (χ3n) is 2.58. The van der Waals surface area contributed by atoms with E-state index in [1.54, 1.807) is 0 Å². The normalized spacial score (nSPS) is 9.65. The van der Waals surface area contributed by atoms with Gasteiger partial charge in [-0.05, 0) is 5.53 Å². The molecule has 1 aromatic carbocycles. The molecule has 0 spiro atoms. The minimum absolute atomic E-state index is 0.0314. The first-order valence-electron chi connectivity index (χ1n) is 5.76. The van der Waals surface area contributed by atoms with Gasteiger partial charge in [0, 0.05) is 22.2 Å². The molecule has 0 atom stereocenters. The Bertz CT molecular complexity index is 666. The van der Waals surface area contributed by atoms with Crippen molar-refractivity contribution in [3.8, 4) is 11.3 Å². The third kappa shape index (κ3) is 2.90. The largest absolute Gasteiger partial charge is 0.463 e. The molecule has 0 aliphatic carbocycles. The van der Waals surface area contributed by atoms with Crippen LogP contribution >= 0.6 is 0 Å². The van der Waals surface area contributed by atoms with E-state index >= 15 is 0 Å². The van der Waals surface area contributed by atoms with Gasteiger partial charge < -0.3 is 4.74 Å². The molecule has 0 fully saturated rings. The topological polar surface area (TPSA) is 101 Å². The lowest BCUT2D eigenvalue weighted by Crippen LogP contribution is -2.09. The molecule has 0 saturated heterocycles. The highest BCUT2D eigenvalue weighted by atomic mass is 16.5. The number of carbonyl (C=O) groups is 1. The molecule has 0 bridgehead atoms. The predicted octanol–water partition coefficient (Wildman–Crippen LogP) is 2.74. The number of methoxy groups -OCH3 is 1. The van der Waals surface area contributed by atoms with E-state index in [1.165, 1.54) is 13.3 Å². The quantitative estimate of drug-likeness (QED) is 0.368. The Labute approximate surface area is 114 Å². The molecule has 0 aliphatic rings. The number of carbonyl (C=O) groups excluding carboxylic acids is 1. The molecule has 2 rings (SSSR count). The van der Waals surface area contributed by atoms with Crippen molar-refractivity contribution in [1.29, 1.82) is 0 Å². The number of hydrogen-bond donors (Lipinski definition) is 0. The van der Waals surface area contributed by atoms with E-state index in [0.29, 0.717) is 11.3 Å². The van der Waals surface area contributed by atoms with E-state index in [2.05, 4.69) is 24.7 Å².